The van der Waals surface area contributed by atoms with E-state index >= 15 is 0 Å². The van der Waals surface area contributed by atoms with Crippen molar-refractivity contribution in [1.29, 1.82) is 0 Å². The largest absolute Gasteiger partial charge is 0.492 e. The van der Waals surface area contributed by atoms with Crippen molar-refractivity contribution in [2.45, 2.75) is 31.2 Å². The van der Waals surface area contributed by atoms with E-state index in [9.17, 15) is 8.42 Å². The van der Waals surface area contributed by atoms with Gasteiger partial charge < -0.3 is 25.6 Å². The van der Waals surface area contributed by atoms with E-state index in [1.807, 2.05) is 25.1 Å². The first-order chi connectivity index (χ1) is 17.8. The van der Waals surface area contributed by atoms with Gasteiger partial charge in [0.1, 0.15) is 15.7 Å². The molecule has 2 heterocycles. The molecule has 1 aliphatic rings. The summed E-state index contributed by atoms with van der Waals surface area (Å²) < 4.78 is 33.1. The maximum absolute atomic E-state index is 12.4. The number of likely N-dealkylation sites (N-methyl/N-ethyl adjacent to an activating group) is 1. The zero-order valence-electron chi connectivity index (χ0n) is 21.1. The van der Waals surface area contributed by atoms with Crippen molar-refractivity contribution in [3.63, 3.8) is 0 Å². The SMILES string of the molecule is CCNC1CCN(c2ccc(Nc3ncc(Cl)c(Nc4ccccc4S(=O)(=O)NC)n3)c(OCC)c2)C1. The quantitative estimate of drug-likeness (QED) is 0.282. The lowest BCUT2D eigenvalue weighted by molar-refractivity contribution is 0.342. The number of benzene rings is 2. The van der Waals surface area contributed by atoms with Crippen LogP contribution >= 0.6 is 11.6 Å². The van der Waals surface area contributed by atoms with Crippen LogP contribution in [0.15, 0.2) is 53.6 Å². The van der Waals surface area contributed by atoms with Crippen LogP contribution in [0.5, 0.6) is 5.75 Å². The van der Waals surface area contributed by atoms with Crippen molar-refractivity contribution in [2.75, 3.05) is 48.8 Å². The smallest absolute Gasteiger partial charge is 0.242 e. The second-order valence-corrected chi connectivity index (χ2v) is 10.7. The summed E-state index contributed by atoms with van der Waals surface area (Å²) in [6, 6.07) is 13.0. The lowest BCUT2D eigenvalue weighted by Gasteiger charge is -2.21. The first-order valence-corrected chi connectivity index (χ1v) is 14.0. The molecule has 12 heteroatoms. The van der Waals surface area contributed by atoms with Gasteiger partial charge in [-0.1, -0.05) is 30.7 Å². The summed E-state index contributed by atoms with van der Waals surface area (Å²) in [6.07, 6.45) is 2.55. The normalized spacial score (nSPS) is 15.6. The Morgan fingerprint density at radius 3 is 2.70 bits per heavy atom. The molecule has 10 nitrogen and oxygen atoms in total. The number of nitrogens with one attached hydrogen (secondary N) is 4. The molecular weight excluding hydrogens is 514 g/mol. The predicted molar refractivity (Wildman–Crippen MR) is 148 cm³/mol. The third-order valence-corrected chi connectivity index (χ3v) is 7.75. The highest BCUT2D eigenvalue weighted by molar-refractivity contribution is 7.89. The van der Waals surface area contributed by atoms with E-state index in [1.54, 1.807) is 18.2 Å². The lowest BCUT2D eigenvalue weighted by Crippen LogP contribution is -2.32. The Balaban J connectivity index is 1.57. The number of nitrogens with zero attached hydrogens (tertiary/aromatic N) is 3. The van der Waals surface area contributed by atoms with Crippen LogP contribution in [0, 0.1) is 0 Å². The van der Waals surface area contributed by atoms with Gasteiger partial charge in [-0.05, 0) is 51.2 Å². The number of hydrogen-bond acceptors (Lipinski definition) is 9. The van der Waals surface area contributed by atoms with E-state index in [2.05, 4.69) is 42.5 Å². The maximum Gasteiger partial charge on any atom is 0.242 e. The molecule has 1 atom stereocenters. The Labute approximate surface area is 222 Å². The Morgan fingerprint density at radius 1 is 1.14 bits per heavy atom. The van der Waals surface area contributed by atoms with Crippen LogP contribution in [0.3, 0.4) is 0 Å². The number of anilines is 5. The van der Waals surface area contributed by atoms with Gasteiger partial charge >= 0.3 is 0 Å². The second-order valence-electron chi connectivity index (χ2n) is 8.45. The van der Waals surface area contributed by atoms with E-state index in [1.165, 1.54) is 19.3 Å². The maximum atomic E-state index is 12.4. The fraction of sp³-hybridized carbons (Fsp3) is 0.360. The van der Waals surface area contributed by atoms with Gasteiger partial charge in [0, 0.05) is 30.9 Å². The fourth-order valence-corrected chi connectivity index (χ4v) is 5.24. The average molecular weight is 546 g/mol. The van der Waals surface area contributed by atoms with Crippen LogP contribution < -0.4 is 30.3 Å². The minimum absolute atomic E-state index is 0.0780. The van der Waals surface area contributed by atoms with Crippen molar-refractivity contribution in [3.8, 4) is 5.75 Å². The molecule has 0 amide bonds. The Hall–Kier alpha value is -3.12. The van der Waals surface area contributed by atoms with Gasteiger partial charge in [-0.2, -0.15) is 4.98 Å². The molecule has 2 aromatic carbocycles. The van der Waals surface area contributed by atoms with Crippen molar-refractivity contribution < 1.29 is 13.2 Å². The summed E-state index contributed by atoms with van der Waals surface area (Å²) in [5.74, 6) is 1.23. The van der Waals surface area contributed by atoms with E-state index in [-0.39, 0.29) is 21.7 Å². The highest BCUT2D eigenvalue weighted by atomic mass is 35.5. The molecule has 1 unspecified atom stereocenters. The van der Waals surface area contributed by atoms with E-state index in [4.69, 9.17) is 16.3 Å². The molecule has 4 rings (SSSR count). The van der Waals surface area contributed by atoms with Crippen LogP contribution in [0.4, 0.5) is 28.8 Å². The Bertz CT molecular complexity index is 1340. The zero-order valence-corrected chi connectivity index (χ0v) is 22.7. The number of halogens is 1. The molecule has 37 heavy (non-hydrogen) atoms. The molecule has 1 saturated heterocycles. The minimum Gasteiger partial charge on any atom is -0.492 e. The molecule has 0 saturated carbocycles. The third kappa shape index (κ3) is 6.42. The fourth-order valence-electron chi connectivity index (χ4n) is 4.21. The molecule has 0 bridgehead atoms. The molecule has 3 aromatic rings. The molecular formula is C25H32ClN7O3S. The minimum atomic E-state index is -3.69. The summed E-state index contributed by atoms with van der Waals surface area (Å²) >= 11 is 6.34. The van der Waals surface area contributed by atoms with E-state index in [0.29, 0.717) is 29.8 Å². The van der Waals surface area contributed by atoms with E-state index < -0.39 is 10.0 Å². The number of hydrogen-bond donors (Lipinski definition) is 4. The lowest BCUT2D eigenvalue weighted by atomic mass is 10.2. The van der Waals surface area contributed by atoms with E-state index in [0.717, 1.165) is 31.7 Å². The van der Waals surface area contributed by atoms with Crippen molar-refractivity contribution in [1.82, 2.24) is 20.0 Å². The number of sulfonamides is 1. The molecule has 0 aliphatic carbocycles. The average Bonchev–Trinajstić information content (AvgIpc) is 3.36. The van der Waals surface area contributed by atoms with Gasteiger partial charge in [-0.15, -0.1) is 0 Å². The second kappa shape index (κ2) is 12.0. The number of ether oxygens (including phenoxy) is 1. The Morgan fingerprint density at radius 2 is 1.95 bits per heavy atom. The topological polar surface area (TPSA) is 121 Å². The summed E-state index contributed by atoms with van der Waals surface area (Å²) in [5.41, 5.74) is 2.14. The molecule has 0 radical (unpaired) electrons. The van der Waals surface area contributed by atoms with Crippen LogP contribution in [0.25, 0.3) is 0 Å². The number of rotatable bonds is 11. The summed E-state index contributed by atoms with van der Waals surface area (Å²) in [6.45, 7) is 7.45. The number of para-hydroxylation sites is 1. The van der Waals surface area contributed by atoms with Gasteiger partial charge in [-0.3, -0.25) is 0 Å². The molecule has 4 N–H and O–H groups in total. The van der Waals surface area contributed by atoms with Crippen molar-refractivity contribution in [3.05, 3.63) is 53.7 Å². The first-order valence-electron chi connectivity index (χ1n) is 12.2. The third-order valence-electron chi connectivity index (χ3n) is 6.00. The van der Waals surface area contributed by atoms with Gasteiger partial charge in [0.2, 0.25) is 16.0 Å². The van der Waals surface area contributed by atoms with Gasteiger partial charge in [0.25, 0.3) is 0 Å². The molecule has 1 aliphatic heterocycles. The predicted octanol–water partition coefficient (Wildman–Crippen LogP) is 4.11. The molecule has 1 fully saturated rings. The first kappa shape index (κ1) is 26.9. The summed E-state index contributed by atoms with van der Waals surface area (Å²) in [5, 5.41) is 9.99. The highest BCUT2D eigenvalue weighted by Crippen LogP contribution is 2.34. The van der Waals surface area contributed by atoms with Gasteiger partial charge in [0.15, 0.2) is 5.82 Å². The Kier molecular flexibility index (Phi) is 8.70. The van der Waals surface area contributed by atoms with Crippen molar-refractivity contribution >= 4 is 50.5 Å². The van der Waals surface area contributed by atoms with Crippen molar-refractivity contribution in [2.24, 2.45) is 0 Å². The van der Waals surface area contributed by atoms with Gasteiger partial charge in [0.05, 0.1) is 24.2 Å². The molecule has 0 spiro atoms. The van der Waals surface area contributed by atoms with Crippen LogP contribution in [-0.2, 0) is 10.0 Å². The van der Waals surface area contributed by atoms with Crippen LogP contribution in [0.1, 0.15) is 20.3 Å². The van der Waals surface area contributed by atoms with Crippen LogP contribution in [-0.4, -0.2) is 57.7 Å². The monoisotopic (exact) mass is 545 g/mol. The zero-order chi connectivity index (χ0) is 26.4. The standard InChI is InChI=1S/C25H32ClN7O3S/c1-4-28-17-12-13-33(16-17)18-10-11-20(22(14-18)36-5-2)31-25-29-15-19(26)24(32-25)30-21-8-6-7-9-23(21)37(34,35)27-3/h6-11,14-15,17,27-28H,4-5,12-13,16H2,1-3H3,(H2,29,30,31,32). The summed E-state index contributed by atoms with van der Waals surface area (Å²) in [7, 11) is -2.33. The molecule has 198 valence electrons. The van der Waals surface area contributed by atoms with Crippen LogP contribution in [0.2, 0.25) is 5.02 Å². The molecule has 1 aromatic heterocycles. The van der Waals surface area contributed by atoms with Gasteiger partial charge in [-0.25, -0.2) is 18.1 Å². The summed E-state index contributed by atoms with van der Waals surface area (Å²) in [4.78, 5) is 11.2. The highest BCUT2D eigenvalue weighted by Gasteiger charge is 2.23. The number of aromatic nitrogens is 2.